The number of carbonyl (C=O) groups excluding carboxylic acids is 3. The predicted octanol–water partition coefficient (Wildman–Crippen LogP) is 9.91. The van der Waals surface area contributed by atoms with E-state index in [1.165, 1.54) is 20.7 Å². The quantitative estimate of drug-likeness (QED) is 0.0305. The van der Waals surface area contributed by atoms with Crippen LogP contribution < -0.4 is 31.8 Å². The lowest BCUT2D eigenvalue weighted by molar-refractivity contribution is -0.149. The summed E-state index contributed by atoms with van der Waals surface area (Å²) >= 11 is 0. The molecule has 0 aliphatic carbocycles. The first kappa shape index (κ1) is 58.6. The summed E-state index contributed by atoms with van der Waals surface area (Å²) < 4.78 is 13.7. The second kappa shape index (κ2) is 31.5. The number of carbonyl (C=O) groups is 4. The standard InChI is InChI=1S/C28H41NO3Si.C21H31NOSi.C7H12O3/c1-5-6-10-21-26(30)27(31)29-22-15-9-16-23-32-33(28(2,3)4,24-17-11-7-12-18-24)25-19-13-8-14-20-25;1-21(2,3)24(19-13-7-4-8-14-19,20-15-9-5-10-16-20)23-18-12-6-11-17-22;1-2-3-4-5-6(8)7(9)10/h7-8,11-14,17-20H,5-6,9-10,15-16,21-23H2,1-4H3,(H,29,31);4-5,7-10,13-16H,6,11-12,17-18,22H2,1-3H3;2-5H2,1H3,(H,9,10). The Kier molecular flexibility index (Phi) is 27.6. The van der Waals surface area contributed by atoms with E-state index in [1.54, 1.807) is 0 Å². The number of nitrogens with two attached hydrogens (primary N) is 1. The first-order valence-corrected chi connectivity index (χ1v) is 28.6. The Morgan fingerprint density at radius 1 is 0.493 bits per heavy atom. The molecule has 0 saturated carbocycles. The summed E-state index contributed by atoms with van der Waals surface area (Å²) in [6.45, 7) is 20.7. The van der Waals surface area contributed by atoms with E-state index in [2.05, 4.69) is 175 Å². The van der Waals surface area contributed by atoms with Gasteiger partial charge in [-0.2, -0.15) is 0 Å². The summed E-state index contributed by atoms with van der Waals surface area (Å²) in [5.41, 5.74) is 5.62. The molecule has 0 radical (unpaired) electrons. The first-order chi connectivity index (χ1) is 32.0. The maximum absolute atomic E-state index is 11.9. The number of rotatable bonds is 27. The highest BCUT2D eigenvalue weighted by Crippen LogP contribution is 2.38. The Morgan fingerprint density at radius 3 is 1.15 bits per heavy atom. The van der Waals surface area contributed by atoms with Crippen molar-refractivity contribution in [2.24, 2.45) is 5.73 Å². The number of aliphatic carboxylic acids is 1. The van der Waals surface area contributed by atoms with Crippen molar-refractivity contribution in [2.45, 2.75) is 155 Å². The molecule has 9 nitrogen and oxygen atoms in total. The Hall–Kier alpha value is -4.53. The van der Waals surface area contributed by atoms with Gasteiger partial charge in [0, 0.05) is 32.6 Å². The maximum Gasteiger partial charge on any atom is 0.372 e. The fourth-order valence-corrected chi connectivity index (χ4v) is 17.6. The molecule has 4 aromatic rings. The second-order valence-electron chi connectivity index (χ2n) is 19.3. The molecule has 0 spiro atoms. The summed E-state index contributed by atoms with van der Waals surface area (Å²) in [4.78, 5) is 44.1. The molecular weight excluding hydrogens is 869 g/mol. The van der Waals surface area contributed by atoms with Crippen LogP contribution in [0.5, 0.6) is 0 Å². The molecule has 4 rings (SSSR count). The SMILES string of the molecule is CC(C)(C)[Si](OCCCCCN)(c1ccccc1)c1ccccc1.CCCCCC(=O)C(=O)NCCCCCO[Si](c1ccccc1)(c1ccccc1)C(C)(C)C.CCCCCC(=O)C(=O)O. The van der Waals surface area contributed by atoms with E-state index in [4.69, 9.17) is 19.7 Å². The third-order valence-electron chi connectivity index (χ3n) is 11.9. The first-order valence-electron chi connectivity index (χ1n) is 24.8. The van der Waals surface area contributed by atoms with Crippen LogP contribution >= 0.6 is 0 Å². The maximum atomic E-state index is 11.9. The average molecular weight is 953 g/mol. The van der Waals surface area contributed by atoms with Gasteiger partial charge in [0.05, 0.1) is 0 Å². The molecule has 0 aromatic heterocycles. The fourth-order valence-electron chi connectivity index (χ4n) is 8.39. The van der Waals surface area contributed by atoms with Crippen LogP contribution in [-0.4, -0.2) is 71.5 Å². The minimum Gasteiger partial charge on any atom is -0.476 e. The smallest absolute Gasteiger partial charge is 0.372 e. The Morgan fingerprint density at radius 2 is 0.836 bits per heavy atom. The number of Topliss-reactive ketones (excluding diaryl/α,β-unsaturated/α-hetero) is 2. The van der Waals surface area contributed by atoms with E-state index in [0.717, 1.165) is 83.8 Å². The summed E-state index contributed by atoms with van der Waals surface area (Å²) in [6.07, 6.45) is 12.0. The molecule has 0 saturated heterocycles. The zero-order valence-corrected chi connectivity index (χ0v) is 44.2. The van der Waals surface area contributed by atoms with Crippen molar-refractivity contribution in [3.05, 3.63) is 121 Å². The van der Waals surface area contributed by atoms with Crippen LogP contribution in [0.15, 0.2) is 121 Å². The third kappa shape index (κ3) is 19.2. The number of benzene rings is 4. The van der Waals surface area contributed by atoms with E-state index >= 15 is 0 Å². The predicted molar refractivity (Wildman–Crippen MR) is 283 cm³/mol. The third-order valence-corrected chi connectivity index (χ3v) is 22.0. The number of unbranched alkanes of at least 4 members (excludes halogenated alkanes) is 8. The largest absolute Gasteiger partial charge is 0.476 e. The van der Waals surface area contributed by atoms with Crippen molar-refractivity contribution in [3.8, 4) is 0 Å². The Labute approximate surface area is 406 Å². The van der Waals surface area contributed by atoms with Gasteiger partial charge in [-0.15, -0.1) is 0 Å². The van der Waals surface area contributed by atoms with E-state index in [0.29, 0.717) is 26.0 Å². The molecule has 0 atom stereocenters. The van der Waals surface area contributed by atoms with E-state index in [9.17, 15) is 19.2 Å². The van der Waals surface area contributed by atoms with Crippen LogP contribution in [0.25, 0.3) is 0 Å². The molecule has 0 unspecified atom stereocenters. The van der Waals surface area contributed by atoms with Crippen LogP contribution in [0, 0.1) is 0 Å². The average Bonchev–Trinajstić information content (AvgIpc) is 3.32. The lowest BCUT2D eigenvalue weighted by Crippen LogP contribution is -2.66. The van der Waals surface area contributed by atoms with Crippen molar-refractivity contribution >= 4 is 60.8 Å². The molecule has 4 N–H and O–H groups in total. The Balaban J connectivity index is 0.000000394. The van der Waals surface area contributed by atoms with Gasteiger partial charge < -0.3 is 25.0 Å². The van der Waals surface area contributed by atoms with Crippen molar-refractivity contribution in [2.75, 3.05) is 26.3 Å². The second-order valence-corrected chi connectivity index (χ2v) is 27.9. The molecule has 11 heteroatoms. The van der Waals surface area contributed by atoms with Gasteiger partial charge >= 0.3 is 5.97 Å². The van der Waals surface area contributed by atoms with Gasteiger partial charge in [-0.05, 0) is 88.7 Å². The van der Waals surface area contributed by atoms with Gasteiger partial charge in [0.1, 0.15) is 0 Å². The highest BCUT2D eigenvalue weighted by Gasteiger charge is 2.51. The summed E-state index contributed by atoms with van der Waals surface area (Å²) in [5, 5.41) is 16.2. The minimum absolute atomic E-state index is 0.0260. The number of hydrogen-bond acceptors (Lipinski definition) is 7. The van der Waals surface area contributed by atoms with Crippen LogP contribution in [0.3, 0.4) is 0 Å². The molecule has 0 fully saturated rings. The number of amides is 1. The van der Waals surface area contributed by atoms with Gasteiger partial charge in [-0.25, -0.2) is 4.79 Å². The normalized spacial score (nSPS) is 11.7. The summed E-state index contributed by atoms with van der Waals surface area (Å²) in [5.74, 6) is -2.71. The van der Waals surface area contributed by atoms with Gasteiger partial charge in [0.25, 0.3) is 22.5 Å². The molecule has 368 valence electrons. The van der Waals surface area contributed by atoms with Crippen LogP contribution in [0.2, 0.25) is 10.1 Å². The molecule has 1 amide bonds. The molecule has 0 bridgehead atoms. The molecule has 4 aromatic carbocycles. The van der Waals surface area contributed by atoms with Gasteiger partial charge in [-0.1, -0.05) is 202 Å². The monoisotopic (exact) mass is 953 g/mol. The van der Waals surface area contributed by atoms with E-state index < -0.39 is 34.3 Å². The number of carboxylic acid groups (broad SMARTS) is 1. The van der Waals surface area contributed by atoms with Gasteiger partial charge in [-0.3, -0.25) is 14.4 Å². The van der Waals surface area contributed by atoms with E-state index in [1.807, 2.05) is 6.92 Å². The molecule has 0 aliphatic heterocycles. The lowest BCUT2D eigenvalue weighted by atomic mass is 10.1. The van der Waals surface area contributed by atoms with E-state index in [-0.39, 0.29) is 22.3 Å². The topological polar surface area (TPSA) is 145 Å². The van der Waals surface area contributed by atoms with Gasteiger partial charge in [0.2, 0.25) is 11.6 Å². The minimum atomic E-state index is -2.48. The van der Waals surface area contributed by atoms with Crippen LogP contribution in [0.1, 0.15) is 145 Å². The van der Waals surface area contributed by atoms with Gasteiger partial charge in [0.15, 0.2) is 0 Å². The van der Waals surface area contributed by atoms with Crippen molar-refractivity contribution in [1.29, 1.82) is 0 Å². The lowest BCUT2D eigenvalue weighted by Gasteiger charge is -2.43. The zero-order chi connectivity index (χ0) is 49.6. The summed E-state index contributed by atoms with van der Waals surface area (Å²) in [7, 11) is -4.82. The van der Waals surface area contributed by atoms with Crippen molar-refractivity contribution in [3.63, 3.8) is 0 Å². The van der Waals surface area contributed by atoms with Crippen LogP contribution in [0.4, 0.5) is 0 Å². The number of hydrogen-bond donors (Lipinski definition) is 3. The van der Waals surface area contributed by atoms with Crippen LogP contribution in [-0.2, 0) is 28.0 Å². The molecule has 67 heavy (non-hydrogen) atoms. The van der Waals surface area contributed by atoms with Crippen molar-refractivity contribution < 1.29 is 33.1 Å². The Bertz CT molecular complexity index is 1890. The number of ketones is 2. The number of carboxylic acids is 1. The highest BCUT2D eigenvalue weighted by atomic mass is 28.4. The summed E-state index contributed by atoms with van der Waals surface area (Å²) in [6, 6.07) is 43.0. The highest BCUT2D eigenvalue weighted by molar-refractivity contribution is 7.00. The van der Waals surface area contributed by atoms with Crippen molar-refractivity contribution in [1.82, 2.24) is 5.32 Å². The molecule has 0 aliphatic rings. The number of nitrogens with one attached hydrogen (secondary N) is 1. The molecule has 0 heterocycles. The fraction of sp³-hybridized carbons (Fsp3) is 0.500. The molecular formula is C56H84N2O7Si2. The zero-order valence-electron chi connectivity index (χ0n) is 42.2.